The van der Waals surface area contributed by atoms with Gasteiger partial charge in [-0.15, -0.1) is 0 Å². The van der Waals surface area contributed by atoms with Crippen LogP contribution in [0.5, 0.6) is 0 Å². The molecule has 406 valence electrons. The maximum Gasteiger partial charge on any atom is 0.136 e. The molecule has 0 atom stereocenters. The van der Waals surface area contributed by atoms with Gasteiger partial charge >= 0.3 is 0 Å². The fraction of sp³-hybridized carbons (Fsp3) is 0.0732. The zero-order valence-corrected chi connectivity index (χ0v) is 48.2. The van der Waals surface area contributed by atoms with Crippen molar-refractivity contribution in [3.63, 3.8) is 0 Å². The Balaban J connectivity index is 0.854. The lowest BCUT2D eigenvalue weighted by Gasteiger charge is -2.29. The van der Waals surface area contributed by atoms with Crippen LogP contribution in [0.25, 0.3) is 110 Å². The van der Waals surface area contributed by atoms with E-state index in [1.807, 2.05) is 0 Å². The van der Waals surface area contributed by atoms with Crippen LogP contribution in [0.3, 0.4) is 0 Å². The summed E-state index contributed by atoms with van der Waals surface area (Å²) in [5.74, 6) is 0.681. The highest BCUT2D eigenvalue weighted by Gasteiger charge is 2.23. The summed E-state index contributed by atoms with van der Waals surface area (Å²) in [6, 6.07) is 107. The van der Waals surface area contributed by atoms with Crippen LogP contribution in [0, 0.1) is 0 Å². The summed E-state index contributed by atoms with van der Waals surface area (Å²) >= 11 is 0. The number of nitrogens with zero attached hydrogens (tertiary/aromatic N) is 2. The van der Waals surface area contributed by atoms with Gasteiger partial charge in [-0.25, -0.2) is 0 Å². The van der Waals surface area contributed by atoms with Crippen molar-refractivity contribution in [3.8, 4) is 44.5 Å². The lowest BCUT2D eigenvalue weighted by atomic mass is 9.95. The molecule has 14 aromatic carbocycles. The minimum Gasteiger partial charge on any atom is -0.456 e. The normalized spacial score (nSPS) is 11.7. The SMILES string of the molecule is CC(C)c1ccc(-c2ccccc2)c(N(c2ccc(-c3cccc4ccccc34)cc2)c2ccc3cc4c(cc3c2)oc2cc3cc(N(c5ccc(-c6cccc7ccccc67)cc5)c5cc(C(C)C)ccc5-c5ccccc5)ccc3cc24)c1. The monoisotopic (exact) mass is 1090 g/mol. The first-order chi connectivity index (χ1) is 41.8. The van der Waals surface area contributed by atoms with E-state index in [9.17, 15) is 0 Å². The molecule has 0 aliphatic heterocycles. The minimum atomic E-state index is 0.341. The van der Waals surface area contributed by atoms with Gasteiger partial charge < -0.3 is 14.2 Å². The predicted molar refractivity (Wildman–Crippen MR) is 363 cm³/mol. The standard InChI is InChI=1S/C82H62N2O/c1-53(2)61-35-43-75(57-17-7-5-8-18-57)79(49-61)83(67-37-29-59(30-38-67)73-27-15-23-55-21-11-13-25-71(55)73)69-41-33-63-47-77-78-48-64-34-42-70(46-66(64)52-82(78)85-81(77)51-65(63)45-69)84(80-50-62(54(3)4)36-44-76(80)58-19-9-6-10-20-58)68-39-31-60(32-40-68)74-28-16-24-56-22-12-14-26-72(56)74/h5-54H,1-4H3. The van der Waals surface area contributed by atoms with E-state index in [1.54, 1.807) is 0 Å². The summed E-state index contributed by atoms with van der Waals surface area (Å²) < 4.78 is 6.99. The van der Waals surface area contributed by atoms with E-state index in [1.165, 1.54) is 77.2 Å². The molecule has 0 unspecified atom stereocenters. The molecule has 85 heavy (non-hydrogen) atoms. The van der Waals surface area contributed by atoms with Gasteiger partial charge in [-0.2, -0.15) is 0 Å². The molecular formula is C82H62N2O. The molecule has 1 heterocycles. The van der Waals surface area contributed by atoms with Crippen molar-refractivity contribution in [1.29, 1.82) is 0 Å². The Hall–Kier alpha value is -10.5. The van der Waals surface area contributed by atoms with Crippen molar-refractivity contribution in [2.24, 2.45) is 0 Å². The zero-order valence-electron chi connectivity index (χ0n) is 48.2. The van der Waals surface area contributed by atoms with Crippen molar-refractivity contribution in [2.45, 2.75) is 39.5 Å². The second-order valence-corrected chi connectivity index (χ2v) is 23.3. The van der Waals surface area contributed by atoms with Crippen LogP contribution in [0.4, 0.5) is 34.1 Å². The van der Waals surface area contributed by atoms with Crippen molar-refractivity contribution in [3.05, 3.63) is 302 Å². The van der Waals surface area contributed by atoms with Gasteiger partial charge in [0.15, 0.2) is 0 Å². The van der Waals surface area contributed by atoms with Crippen molar-refractivity contribution in [2.75, 3.05) is 9.80 Å². The van der Waals surface area contributed by atoms with Crippen molar-refractivity contribution >= 4 is 99.2 Å². The predicted octanol–water partition coefficient (Wildman–Crippen LogP) is 24.1. The molecule has 0 spiro atoms. The number of anilines is 6. The van der Waals surface area contributed by atoms with Crippen LogP contribution in [0.2, 0.25) is 0 Å². The summed E-state index contributed by atoms with van der Waals surface area (Å²) in [5, 5.41) is 11.7. The van der Waals surface area contributed by atoms with Gasteiger partial charge in [-0.1, -0.05) is 234 Å². The maximum atomic E-state index is 6.99. The minimum absolute atomic E-state index is 0.341. The van der Waals surface area contributed by atoms with Gasteiger partial charge in [0, 0.05) is 44.6 Å². The van der Waals surface area contributed by atoms with Gasteiger partial charge in [0.25, 0.3) is 0 Å². The molecule has 15 aromatic rings. The topological polar surface area (TPSA) is 19.6 Å². The maximum absolute atomic E-state index is 6.99. The number of benzene rings is 14. The third kappa shape index (κ3) is 9.45. The number of hydrogen-bond acceptors (Lipinski definition) is 3. The number of furan rings is 1. The van der Waals surface area contributed by atoms with Crippen LogP contribution in [-0.4, -0.2) is 0 Å². The first-order valence-electron chi connectivity index (χ1n) is 29.8. The van der Waals surface area contributed by atoms with E-state index in [4.69, 9.17) is 4.42 Å². The van der Waals surface area contributed by atoms with E-state index in [2.05, 4.69) is 329 Å². The average Bonchev–Trinajstić information content (AvgIpc) is 4.08. The smallest absolute Gasteiger partial charge is 0.136 e. The fourth-order valence-electron chi connectivity index (χ4n) is 12.8. The van der Waals surface area contributed by atoms with Crippen LogP contribution in [0.15, 0.2) is 296 Å². The Bertz CT molecular complexity index is 4670. The van der Waals surface area contributed by atoms with E-state index >= 15 is 0 Å². The molecular weight excluding hydrogens is 1030 g/mol. The average molecular weight is 1090 g/mol. The Morgan fingerprint density at radius 1 is 0.247 bits per heavy atom. The molecule has 0 N–H and O–H groups in total. The molecule has 0 fully saturated rings. The molecule has 1 aromatic heterocycles. The molecule has 0 aliphatic carbocycles. The summed E-state index contributed by atoms with van der Waals surface area (Å²) in [7, 11) is 0. The third-order valence-electron chi connectivity index (χ3n) is 17.4. The van der Waals surface area contributed by atoms with Crippen LogP contribution in [-0.2, 0) is 0 Å². The molecule has 15 rings (SSSR count). The van der Waals surface area contributed by atoms with E-state index in [0.29, 0.717) is 11.8 Å². The summed E-state index contributed by atoms with van der Waals surface area (Å²) in [6.45, 7) is 9.10. The van der Waals surface area contributed by atoms with Gasteiger partial charge in [0.05, 0.1) is 11.4 Å². The summed E-state index contributed by atoms with van der Waals surface area (Å²) in [6.07, 6.45) is 0. The number of fused-ring (bicyclic) bond motifs is 7. The highest BCUT2D eigenvalue weighted by molar-refractivity contribution is 6.14. The molecule has 0 amide bonds. The highest BCUT2D eigenvalue weighted by atomic mass is 16.3. The lowest BCUT2D eigenvalue weighted by molar-refractivity contribution is 0.670. The van der Waals surface area contributed by atoms with Gasteiger partial charge in [-0.05, 0) is 184 Å². The van der Waals surface area contributed by atoms with Crippen LogP contribution >= 0.6 is 0 Å². The molecule has 3 heteroatoms. The van der Waals surface area contributed by atoms with E-state index in [0.717, 1.165) is 77.6 Å². The van der Waals surface area contributed by atoms with E-state index < -0.39 is 0 Å². The third-order valence-corrected chi connectivity index (χ3v) is 17.4. The Morgan fingerprint density at radius 3 is 1.05 bits per heavy atom. The number of rotatable bonds is 12. The molecule has 0 saturated carbocycles. The van der Waals surface area contributed by atoms with Crippen LogP contribution in [0.1, 0.15) is 50.7 Å². The van der Waals surface area contributed by atoms with Crippen molar-refractivity contribution < 1.29 is 4.42 Å². The van der Waals surface area contributed by atoms with E-state index in [-0.39, 0.29) is 0 Å². The molecule has 0 aliphatic rings. The van der Waals surface area contributed by atoms with Gasteiger partial charge in [0.1, 0.15) is 11.2 Å². The summed E-state index contributed by atoms with van der Waals surface area (Å²) in [4.78, 5) is 4.89. The van der Waals surface area contributed by atoms with Crippen molar-refractivity contribution in [1.82, 2.24) is 0 Å². The Labute approximate surface area is 496 Å². The molecule has 3 nitrogen and oxygen atoms in total. The first-order valence-corrected chi connectivity index (χ1v) is 29.8. The fourth-order valence-corrected chi connectivity index (χ4v) is 12.8. The Kier molecular flexibility index (Phi) is 12.9. The lowest BCUT2D eigenvalue weighted by Crippen LogP contribution is -2.12. The molecule has 0 saturated heterocycles. The second kappa shape index (κ2) is 21.4. The first kappa shape index (κ1) is 51.4. The molecule has 0 radical (unpaired) electrons. The van der Waals surface area contributed by atoms with Gasteiger partial charge in [-0.3, -0.25) is 0 Å². The largest absolute Gasteiger partial charge is 0.456 e. The van der Waals surface area contributed by atoms with Gasteiger partial charge in [0.2, 0.25) is 0 Å². The Morgan fingerprint density at radius 2 is 0.624 bits per heavy atom. The number of hydrogen-bond donors (Lipinski definition) is 0. The summed E-state index contributed by atoms with van der Waals surface area (Å²) in [5.41, 5.74) is 20.4. The highest BCUT2D eigenvalue weighted by Crippen LogP contribution is 2.47. The zero-order chi connectivity index (χ0) is 57.1. The van der Waals surface area contributed by atoms with Crippen LogP contribution < -0.4 is 9.80 Å². The second-order valence-electron chi connectivity index (χ2n) is 23.3. The quantitative estimate of drug-likeness (QED) is 0.122. The molecule has 0 bridgehead atoms.